The van der Waals surface area contributed by atoms with Crippen molar-refractivity contribution in [1.29, 1.82) is 0 Å². The van der Waals surface area contributed by atoms with Crippen LogP contribution in [0.3, 0.4) is 0 Å². The first-order valence-electron chi connectivity index (χ1n) is 11.6. The van der Waals surface area contributed by atoms with Crippen molar-refractivity contribution in [3.8, 4) is 17.2 Å². The number of amides is 4. The van der Waals surface area contributed by atoms with Gasteiger partial charge in [-0.05, 0) is 43.0 Å². The maximum atomic E-state index is 12.8. The molecule has 10 nitrogen and oxygen atoms in total. The molecule has 0 saturated carbocycles. The minimum atomic E-state index is -0.481. The summed E-state index contributed by atoms with van der Waals surface area (Å²) >= 11 is 0. The van der Waals surface area contributed by atoms with Crippen LogP contribution in [0.5, 0.6) is 17.2 Å². The Morgan fingerprint density at radius 2 is 1.74 bits per heavy atom. The topological polar surface area (TPSA) is 120 Å². The van der Waals surface area contributed by atoms with E-state index in [-0.39, 0.29) is 47.3 Å². The van der Waals surface area contributed by atoms with Gasteiger partial charge in [0.2, 0.25) is 11.7 Å². The third-order valence-electron chi connectivity index (χ3n) is 6.54. The molecule has 1 fully saturated rings. The number of aromatic hydroxyl groups is 1. The number of rotatable bonds is 6. The number of carbonyl (C=O) groups excluding carboxylic acids is 3. The highest BCUT2D eigenvalue weighted by molar-refractivity contribution is 5.97. The molecular weight excluding hydrogens is 452 g/mol. The fourth-order valence-electron chi connectivity index (χ4n) is 4.56. The fraction of sp³-hybridized carbons (Fsp3) is 0.400. The maximum Gasteiger partial charge on any atom is 0.322 e. The second-order valence-corrected chi connectivity index (χ2v) is 8.55. The molecule has 3 N–H and O–H groups in total. The van der Waals surface area contributed by atoms with Crippen LogP contribution >= 0.6 is 0 Å². The van der Waals surface area contributed by atoms with Gasteiger partial charge in [0.25, 0.3) is 5.91 Å². The first-order chi connectivity index (χ1) is 16.9. The maximum absolute atomic E-state index is 12.8. The Morgan fingerprint density at radius 3 is 2.40 bits per heavy atom. The summed E-state index contributed by atoms with van der Waals surface area (Å²) < 4.78 is 10.2. The molecule has 10 heteroatoms. The van der Waals surface area contributed by atoms with E-state index in [1.807, 2.05) is 29.2 Å². The largest absolute Gasteiger partial charge is 0.502 e. The zero-order chi connectivity index (χ0) is 24.9. The van der Waals surface area contributed by atoms with E-state index in [1.165, 1.54) is 26.4 Å². The lowest BCUT2D eigenvalue weighted by Crippen LogP contribution is -2.51. The highest BCUT2D eigenvalue weighted by Crippen LogP contribution is 2.37. The predicted octanol–water partition coefficient (Wildman–Crippen LogP) is 2.22. The van der Waals surface area contributed by atoms with Crippen molar-refractivity contribution >= 4 is 23.5 Å². The lowest BCUT2D eigenvalue weighted by atomic mass is 10.0. The van der Waals surface area contributed by atoms with E-state index >= 15 is 0 Å². The molecule has 35 heavy (non-hydrogen) atoms. The molecule has 2 heterocycles. The van der Waals surface area contributed by atoms with Gasteiger partial charge in [-0.25, -0.2) is 4.79 Å². The summed E-state index contributed by atoms with van der Waals surface area (Å²) in [5.41, 5.74) is 2.18. The Balaban J connectivity index is 1.29. The highest BCUT2D eigenvalue weighted by atomic mass is 16.5. The van der Waals surface area contributed by atoms with Crippen molar-refractivity contribution < 1.29 is 29.0 Å². The number of phenols is 1. The monoisotopic (exact) mass is 482 g/mol. The fourth-order valence-corrected chi connectivity index (χ4v) is 4.56. The predicted molar refractivity (Wildman–Crippen MR) is 129 cm³/mol. The van der Waals surface area contributed by atoms with Gasteiger partial charge < -0.3 is 35.0 Å². The van der Waals surface area contributed by atoms with E-state index in [9.17, 15) is 19.5 Å². The number of benzene rings is 2. The number of urea groups is 1. The van der Waals surface area contributed by atoms with Crippen molar-refractivity contribution in [3.05, 3.63) is 47.5 Å². The summed E-state index contributed by atoms with van der Waals surface area (Å²) in [5, 5.41) is 15.6. The Kier molecular flexibility index (Phi) is 7.28. The van der Waals surface area contributed by atoms with Crippen molar-refractivity contribution in [2.75, 3.05) is 45.7 Å². The second kappa shape index (κ2) is 10.5. The van der Waals surface area contributed by atoms with E-state index in [0.717, 1.165) is 17.7 Å². The normalized spacial score (nSPS) is 16.1. The molecule has 0 aromatic heterocycles. The van der Waals surface area contributed by atoms with Crippen molar-refractivity contribution in [2.45, 2.75) is 25.3 Å². The van der Waals surface area contributed by atoms with E-state index in [0.29, 0.717) is 32.5 Å². The van der Waals surface area contributed by atoms with Crippen LogP contribution in [0.25, 0.3) is 0 Å². The zero-order valence-corrected chi connectivity index (χ0v) is 19.9. The van der Waals surface area contributed by atoms with Crippen LogP contribution in [0, 0.1) is 0 Å². The number of phenolic OH excluding ortho intramolecular Hbond substituents is 1. The van der Waals surface area contributed by atoms with Gasteiger partial charge in [0.1, 0.15) is 0 Å². The molecule has 0 radical (unpaired) electrons. The van der Waals surface area contributed by atoms with Crippen LogP contribution in [0.4, 0.5) is 10.5 Å². The molecule has 1 saturated heterocycles. The van der Waals surface area contributed by atoms with E-state index in [4.69, 9.17) is 9.47 Å². The van der Waals surface area contributed by atoms with Crippen LogP contribution in [-0.4, -0.2) is 79.2 Å². The minimum absolute atomic E-state index is 0.0554. The smallest absolute Gasteiger partial charge is 0.322 e. The minimum Gasteiger partial charge on any atom is -0.502 e. The van der Waals surface area contributed by atoms with Gasteiger partial charge in [0, 0.05) is 36.9 Å². The van der Waals surface area contributed by atoms with Crippen molar-refractivity contribution in [3.63, 3.8) is 0 Å². The number of para-hydroxylation sites is 1. The summed E-state index contributed by atoms with van der Waals surface area (Å²) in [5.74, 6) is -0.674. The molecule has 2 aromatic carbocycles. The van der Waals surface area contributed by atoms with Crippen LogP contribution in [-0.2, 0) is 11.2 Å². The Morgan fingerprint density at radius 1 is 1.09 bits per heavy atom. The van der Waals surface area contributed by atoms with Crippen LogP contribution in [0.1, 0.15) is 28.8 Å². The van der Waals surface area contributed by atoms with Crippen LogP contribution in [0.2, 0.25) is 0 Å². The second-order valence-electron chi connectivity index (χ2n) is 8.55. The molecule has 2 aliphatic rings. The Labute approximate surface area is 203 Å². The SMILES string of the molecule is COc1cc(C(=O)NCC(=O)N2CCC(N3CCc4ccccc4NC3=O)CC2)cc(OC)c1O. The summed E-state index contributed by atoms with van der Waals surface area (Å²) in [4.78, 5) is 41.6. The van der Waals surface area contributed by atoms with Gasteiger partial charge in [0.15, 0.2) is 11.5 Å². The number of fused-ring (bicyclic) bond motifs is 1. The Bertz CT molecular complexity index is 1090. The first-order valence-corrected chi connectivity index (χ1v) is 11.6. The van der Waals surface area contributed by atoms with Gasteiger partial charge in [-0.3, -0.25) is 9.59 Å². The average molecular weight is 483 g/mol. The lowest BCUT2D eigenvalue weighted by molar-refractivity contribution is -0.131. The number of anilines is 1. The highest BCUT2D eigenvalue weighted by Gasteiger charge is 2.31. The number of likely N-dealkylation sites (tertiary alicyclic amines) is 1. The Hall–Kier alpha value is -3.95. The van der Waals surface area contributed by atoms with E-state index in [2.05, 4.69) is 10.6 Å². The molecule has 4 amide bonds. The van der Waals surface area contributed by atoms with Gasteiger partial charge in [0.05, 0.1) is 20.8 Å². The summed E-state index contributed by atoms with van der Waals surface area (Å²) in [7, 11) is 2.74. The van der Waals surface area contributed by atoms with Crippen molar-refractivity contribution in [1.82, 2.24) is 15.1 Å². The van der Waals surface area contributed by atoms with Crippen LogP contribution < -0.4 is 20.1 Å². The number of nitrogens with zero attached hydrogens (tertiary/aromatic N) is 2. The number of hydrogen-bond acceptors (Lipinski definition) is 6. The summed E-state index contributed by atoms with van der Waals surface area (Å²) in [6.45, 7) is 1.50. The van der Waals surface area contributed by atoms with E-state index in [1.54, 1.807) is 4.90 Å². The number of hydrogen-bond donors (Lipinski definition) is 3. The quantitative estimate of drug-likeness (QED) is 0.581. The molecule has 0 spiro atoms. The molecule has 2 aliphatic heterocycles. The number of methoxy groups -OCH3 is 2. The number of carbonyl (C=O) groups is 3. The first kappa shape index (κ1) is 24.2. The molecule has 2 aromatic rings. The van der Waals surface area contributed by atoms with Crippen molar-refractivity contribution in [2.24, 2.45) is 0 Å². The van der Waals surface area contributed by atoms with Crippen LogP contribution in [0.15, 0.2) is 36.4 Å². The van der Waals surface area contributed by atoms with E-state index < -0.39 is 5.91 Å². The number of ether oxygens (including phenoxy) is 2. The van der Waals surface area contributed by atoms with Gasteiger partial charge in [-0.1, -0.05) is 18.2 Å². The zero-order valence-electron chi connectivity index (χ0n) is 19.9. The average Bonchev–Trinajstić information content (AvgIpc) is 3.05. The molecule has 0 aliphatic carbocycles. The third kappa shape index (κ3) is 5.26. The van der Waals surface area contributed by atoms with Gasteiger partial charge in [-0.15, -0.1) is 0 Å². The molecule has 4 rings (SSSR count). The van der Waals surface area contributed by atoms with Gasteiger partial charge >= 0.3 is 6.03 Å². The molecular formula is C25H30N4O6. The summed E-state index contributed by atoms with van der Waals surface area (Å²) in [6, 6.07) is 10.5. The number of nitrogens with one attached hydrogen (secondary N) is 2. The lowest BCUT2D eigenvalue weighted by Gasteiger charge is -2.38. The molecule has 186 valence electrons. The molecule has 0 bridgehead atoms. The van der Waals surface area contributed by atoms with Gasteiger partial charge in [-0.2, -0.15) is 0 Å². The standard InChI is InChI=1S/C25H30N4O6/c1-34-20-13-17(14-21(35-2)23(20)31)24(32)26-15-22(30)28-10-8-18(9-11-28)29-12-7-16-5-3-4-6-19(16)27-25(29)33/h3-6,13-14,18,31H,7-12,15H2,1-2H3,(H,26,32)(H,27,33). The molecule has 0 atom stereocenters. The number of piperidine rings is 1. The molecule has 0 unspecified atom stereocenters. The third-order valence-corrected chi connectivity index (χ3v) is 6.54. The summed E-state index contributed by atoms with van der Waals surface area (Å²) in [6.07, 6.45) is 2.14.